The third kappa shape index (κ3) is 3.42. The van der Waals surface area contributed by atoms with Gasteiger partial charge in [0, 0.05) is 19.3 Å². The smallest absolute Gasteiger partial charge is 0.0570 e. The molecule has 19 heavy (non-hydrogen) atoms. The maximum absolute atomic E-state index is 4.41. The summed E-state index contributed by atoms with van der Waals surface area (Å²) in [5.74, 6) is 0. The van der Waals surface area contributed by atoms with Gasteiger partial charge in [0.05, 0.1) is 5.69 Å². The lowest BCUT2D eigenvalue weighted by Crippen LogP contribution is -2.16. The molecule has 0 spiro atoms. The minimum atomic E-state index is 0.819. The number of hydrogen-bond acceptors (Lipinski definition) is 2. The summed E-state index contributed by atoms with van der Waals surface area (Å²) < 4.78 is 0. The molecular formula is C17H22N2. The molecule has 0 fully saturated rings. The fourth-order valence-electron chi connectivity index (χ4n) is 2.50. The Morgan fingerprint density at radius 1 is 0.947 bits per heavy atom. The minimum Gasteiger partial charge on any atom is -0.307 e. The summed E-state index contributed by atoms with van der Waals surface area (Å²) in [4.78, 5) is 4.41. The molecule has 0 amide bonds. The van der Waals surface area contributed by atoms with Crippen LogP contribution in [0.2, 0.25) is 0 Å². The molecule has 2 rings (SSSR count). The van der Waals surface area contributed by atoms with Gasteiger partial charge < -0.3 is 5.32 Å². The standard InChI is InChI=1S/C17H22N2/c1-12-8-14(3)16(15(4)9-12)10-18-11-17-13(2)6-5-7-19-17/h5-9,18H,10-11H2,1-4H3. The van der Waals surface area contributed by atoms with Crippen molar-refractivity contribution in [1.82, 2.24) is 10.3 Å². The van der Waals surface area contributed by atoms with E-state index < -0.39 is 0 Å². The number of aryl methyl sites for hydroxylation is 4. The zero-order chi connectivity index (χ0) is 13.8. The minimum absolute atomic E-state index is 0.819. The maximum Gasteiger partial charge on any atom is 0.0570 e. The number of pyridine rings is 1. The Morgan fingerprint density at radius 3 is 2.26 bits per heavy atom. The van der Waals surface area contributed by atoms with Gasteiger partial charge in [0.2, 0.25) is 0 Å². The number of benzene rings is 1. The highest BCUT2D eigenvalue weighted by Crippen LogP contribution is 2.16. The average Bonchev–Trinajstić information content (AvgIpc) is 2.34. The maximum atomic E-state index is 4.41. The number of rotatable bonds is 4. The molecule has 0 atom stereocenters. The molecule has 2 nitrogen and oxygen atoms in total. The third-order valence-corrected chi connectivity index (χ3v) is 3.55. The topological polar surface area (TPSA) is 24.9 Å². The molecule has 2 heteroatoms. The Bertz CT molecular complexity index is 550. The lowest BCUT2D eigenvalue weighted by atomic mass is 10.00. The van der Waals surface area contributed by atoms with E-state index in [1.165, 1.54) is 27.8 Å². The highest BCUT2D eigenvalue weighted by Gasteiger charge is 2.04. The highest BCUT2D eigenvalue weighted by atomic mass is 14.9. The number of nitrogens with one attached hydrogen (secondary N) is 1. The predicted octanol–water partition coefficient (Wildman–Crippen LogP) is 3.61. The molecule has 0 aliphatic heterocycles. The van der Waals surface area contributed by atoms with E-state index in [4.69, 9.17) is 0 Å². The van der Waals surface area contributed by atoms with Gasteiger partial charge in [-0.1, -0.05) is 23.8 Å². The molecule has 0 aliphatic rings. The van der Waals surface area contributed by atoms with Crippen LogP contribution in [0.5, 0.6) is 0 Å². The molecule has 1 aromatic carbocycles. The number of hydrogen-bond donors (Lipinski definition) is 1. The van der Waals surface area contributed by atoms with Gasteiger partial charge in [0.1, 0.15) is 0 Å². The van der Waals surface area contributed by atoms with Crippen LogP contribution in [0.15, 0.2) is 30.5 Å². The van der Waals surface area contributed by atoms with Gasteiger partial charge in [-0.3, -0.25) is 4.98 Å². The van der Waals surface area contributed by atoms with Crippen molar-refractivity contribution in [2.45, 2.75) is 40.8 Å². The second kappa shape index (κ2) is 5.98. The van der Waals surface area contributed by atoms with Gasteiger partial charge in [-0.2, -0.15) is 0 Å². The summed E-state index contributed by atoms with van der Waals surface area (Å²) in [7, 11) is 0. The van der Waals surface area contributed by atoms with Crippen molar-refractivity contribution >= 4 is 0 Å². The van der Waals surface area contributed by atoms with Crippen LogP contribution in [-0.2, 0) is 13.1 Å². The second-order valence-corrected chi connectivity index (χ2v) is 5.25. The van der Waals surface area contributed by atoms with E-state index in [1.54, 1.807) is 0 Å². The zero-order valence-corrected chi connectivity index (χ0v) is 12.2. The summed E-state index contributed by atoms with van der Waals surface area (Å²) in [5, 5.41) is 3.50. The number of aromatic nitrogens is 1. The summed E-state index contributed by atoms with van der Waals surface area (Å²) in [6.45, 7) is 10.3. The molecule has 2 aromatic rings. The van der Waals surface area contributed by atoms with E-state index in [9.17, 15) is 0 Å². The monoisotopic (exact) mass is 254 g/mol. The quantitative estimate of drug-likeness (QED) is 0.901. The van der Waals surface area contributed by atoms with Crippen molar-refractivity contribution < 1.29 is 0 Å². The molecule has 1 N–H and O–H groups in total. The van der Waals surface area contributed by atoms with Crippen molar-refractivity contribution in [2.24, 2.45) is 0 Å². The van der Waals surface area contributed by atoms with Crippen LogP contribution >= 0.6 is 0 Å². The van der Waals surface area contributed by atoms with Crippen LogP contribution in [0.25, 0.3) is 0 Å². The van der Waals surface area contributed by atoms with Crippen molar-refractivity contribution in [3.05, 3.63) is 64.0 Å². The van der Waals surface area contributed by atoms with E-state index in [0.29, 0.717) is 0 Å². The largest absolute Gasteiger partial charge is 0.307 e. The molecule has 0 saturated carbocycles. The Kier molecular flexibility index (Phi) is 4.33. The molecular weight excluding hydrogens is 232 g/mol. The van der Waals surface area contributed by atoms with Gasteiger partial charge in [0.25, 0.3) is 0 Å². The molecule has 1 heterocycles. The van der Waals surface area contributed by atoms with Crippen molar-refractivity contribution in [2.75, 3.05) is 0 Å². The predicted molar refractivity (Wildman–Crippen MR) is 80.2 cm³/mol. The van der Waals surface area contributed by atoms with Crippen LogP contribution in [0.4, 0.5) is 0 Å². The van der Waals surface area contributed by atoms with Gasteiger partial charge in [-0.05, 0) is 56.0 Å². The summed E-state index contributed by atoms with van der Waals surface area (Å²) in [6, 6.07) is 8.57. The first-order chi connectivity index (χ1) is 9.08. The lowest BCUT2D eigenvalue weighted by Gasteiger charge is -2.12. The first kappa shape index (κ1) is 13.8. The van der Waals surface area contributed by atoms with Crippen LogP contribution in [0.1, 0.15) is 33.5 Å². The normalized spacial score (nSPS) is 10.7. The van der Waals surface area contributed by atoms with E-state index in [0.717, 1.165) is 18.8 Å². The summed E-state index contributed by atoms with van der Waals surface area (Å²) >= 11 is 0. The van der Waals surface area contributed by atoms with Gasteiger partial charge in [0.15, 0.2) is 0 Å². The van der Waals surface area contributed by atoms with Gasteiger partial charge in [-0.15, -0.1) is 0 Å². The molecule has 0 unspecified atom stereocenters. The third-order valence-electron chi connectivity index (χ3n) is 3.55. The average molecular weight is 254 g/mol. The lowest BCUT2D eigenvalue weighted by molar-refractivity contribution is 0.671. The Hall–Kier alpha value is -1.67. The van der Waals surface area contributed by atoms with Crippen LogP contribution < -0.4 is 5.32 Å². The van der Waals surface area contributed by atoms with Crippen LogP contribution in [-0.4, -0.2) is 4.98 Å². The molecule has 100 valence electrons. The SMILES string of the molecule is Cc1cc(C)c(CNCc2ncccc2C)c(C)c1. The molecule has 0 saturated heterocycles. The summed E-state index contributed by atoms with van der Waals surface area (Å²) in [6.07, 6.45) is 1.85. The van der Waals surface area contributed by atoms with Gasteiger partial charge >= 0.3 is 0 Å². The first-order valence-corrected chi connectivity index (χ1v) is 6.76. The van der Waals surface area contributed by atoms with E-state index in [2.05, 4.69) is 56.2 Å². The molecule has 0 radical (unpaired) electrons. The van der Waals surface area contributed by atoms with Crippen molar-refractivity contribution in [1.29, 1.82) is 0 Å². The second-order valence-electron chi connectivity index (χ2n) is 5.25. The molecule has 0 bridgehead atoms. The fourth-order valence-corrected chi connectivity index (χ4v) is 2.50. The van der Waals surface area contributed by atoms with Crippen molar-refractivity contribution in [3.63, 3.8) is 0 Å². The Morgan fingerprint density at radius 2 is 1.63 bits per heavy atom. The summed E-state index contributed by atoms with van der Waals surface area (Å²) in [5.41, 5.74) is 7.83. The molecule has 1 aromatic heterocycles. The van der Waals surface area contributed by atoms with Crippen LogP contribution in [0.3, 0.4) is 0 Å². The number of nitrogens with zero attached hydrogens (tertiary/aromatic N) is 1. The Balaban J connectivity index is 2.02. The zero-order valence-electron chi connectivity index (χ0n) is 12.2. The highest BCUT2D eigenvalue weighted by molar-refractivity contribution is 5.37. The van der Waals surface area contributed by atoms with Crippen LogP contribution in [0, 0.1) is 27.7 Å². The van der Waals surface area contributed by atoms with Crippen molar-refractivity contribution in [3.8, 4) is 0 Å². The first-order valence-electron chi connectivity index (χ1n) is 6.76. The van der Waals surface area contributed by atoms with E-state index >= 15 is 0 Å². The van der Waals surface area contributed by atoms with E-state index in [-0.39, 0.29) is 0 Å². The fraction of sp³-hybridized carbons (Fsp3) is 0.353. The molecule has 0 aliphatic carbocycles. The Labute approximate surface area is 115 Å². The van der Waals surface area contributed by atoms with Gasteiger partial charge in [-0.25, -0.2) is 0 Å². The van der Waals surface area contributed by atoms with E-state index in [1.807, 2.05) is 12.3 Å².